The van der Waals surface area contributed by atoms with Crippen LogP contribution in [-0.4, -0.2) is 36.6 Å². The van der Waals surface area contributed by atoms with Crippen LogP contribution in [0.1, 0.15) is 30.3 Å². The molecule has 0 aliphatic rings. The number of rotatable bonds is 6. The van der Waals surface area contributed by atoms with Crippen molar-refractivity contribution in [1.82, 2.24) is 9.88 Å². The van der Waals surface area contributed by atoms with Gasteiger partial charge in [0.25, 0.3) is 5.91 Å². The molecule has 1 aromatic rings. The highest BCUT2D eigenvalue weighted by atomic mass is 32.2. The Morgan fingerprint density at radius 2 is 2.21 bits per heavy atom. The van der Waals surface area contributed by atoms with Crippen LogP contribution in [0.5, 0.6) is 0 Å². The number of carbonyl (C=O) groups is 1. The first-order valence-corrected chi connectivity index (χ1v) is 7.45. The van der Waals surface area contributed by atoms with E-state index < -0.39 is 22.0 Å². The molecular weight excluding hydrogens is 270 g/mol. The van der Waals surface area contributed by atoms with Crippen LogP contribution in [-0.2, 0) is 17.1 Å². The van der Waals surface area contributed by atoms with Crippen molar-refractivity contribution in [3.8, 4) is 0 Å². The lowest BCUT2D eigenvalue weighted by atomic mass is 10.2. The first-order valence-electron chi connectivity index (χ1n) is 5.91. The van der Waals surface area contributed by atoms with Crippen LogP contribution in [0.2, 0.25) is 0 Å². The van der Waals surface area contributed by atoms with Crippen LogP contribution in [0.3, 0.4) is 0 Å². The van der Waals surface area contributed by atoms with E-state index in [1.807, 2.05) is 6.92 Å². The van der Waals surface area contributed by atoms with E-state index in [1.54, 1.807) is 7.05 Å². The van der Waals surface area contributed by atoms with E-state index in [-0.39, 0.29) is 17.1 Å². The quantitative estimate of drug-likeness (QED) is 0.658. The van der Waals surface area contributed by atoms with Crippen molar-refractivity contribution in [2.45, 2.75) is 30.8 Å². The molecule has 0 fully saturated rings. The van der Waals surface area contributed by atoms with Gasteiger partial charge in [0.05, 0.1) is 6.10 Å². The average molecular weight is 289 g/mol. The summed E-state index contributed by atoms with van der Waals surface area (Å²) in [6, 6.07) is 1.21. The minimum absolute atomic E-state index is 0.116. The summed E-state index contributed by atoms with van der Waals surface area (Å²) in [7, 11) is -2.28. The summed E-state index contributed by atoms with van der Waals surface area (Å²) in [6.45, 7) is 2.06. The maximum absolute atomic E-state index is 11.8. The highest BCUT2D eigenvalue weighted by Gasteiger charge is 2.17. The van der Waals surface area contributed by atoms with E-state index in [0.29, 0.717) is 6.42 Å². The second-order valence-corrected chi connectivity index (χ2v) is 5.93. The molecular formula is C11H19N3O4S. The zero-order valence-corrected chi connectivity index (χ0v) is 11.8. The smallest absolute Gasteiger partial charge is 0.268 e. The van der Waals surface area contributed by atoms with Gasteiger partial charge in [-0.2, -0.15) is 0 Å². The molecule has 1 atom stereocenters. The Bertz CT molecular complexity index is 550. The second-order valence-electron chi connectivity index (χ2n) is 4.37. The van der Waals surface area contributed by atoms with E-state index >= 15 is 0 Å². The van der Waals surface area contributed by atoms with E-state index in [0.717, 1.165) is 6.42 Å². The number of carbonyl (C=O) groups excluding carboxylic acids is 1. The maximum atomic E-state index is 11.8. The van der Waals surface area contributed by atoms with Crippen LogP contribution in [0.4, 0.5) is 0 Å². The molecule has 1 heterocycles. The number of primary sulfonamides is 1. The molecule has 1 aromatic heterocycles. The SMILES string of the molecule is CCCC(O)CNC(=O)c1cc(S(N)(=O)=O)cn1C. The molecule has 1 unspecified atom stereocenters. The lowest BCUT2D eigenvalue weighted by Gasteiger charge is -2.10. The molecule has 0 spiro atoms. The molecule has 0 saturated carbocycles. The van der Waals surface area contributed by atoms with Crippen molar-refractivity contribution >= 4 is 15.9 Å². The van der Waals surface area contributed by atoms with Crippen LogP contribution in [0, 0.1) is 0 Å². The first-order chi connectivity index (χ1) is 8.75. The molecule has 0 saturated heterocycles. The summed E-state index contributed by atoms with van der Waals surface area (Å²) in [5.74, 6) is -0.451. The molecule has 1 rings (SSSR count). The topological polar surface area (TPSA) is 114 Å². The second kappa shape index (κ2) is 6.18. The minimum atomic E-state index is -3.83. The van der Waals surface area contributed by atoms with Crippen molar-refractivity contribution in [2.24, 2.45) is 12.2 Å². The number of nitrogens with one attached hydrogen (secondary N) is 1. The van der Waals surface area contributed by atoms with Crippen molar-refractivity contribution in [1.29, 1.82) is 0 Å². The summed E-state index contributed by atoms with van der Waals surface area (Å²) in [5, 5.41) is 17.0. The van der Waals surface area contributed by atoms with Crippen molar-refractivity contribution in [2.75, 3.05) is 6.54 Å². The monoisotopic (exact) mass is 289 g/mol. The Hall–Kier alpha value is -1.38. The number of aromatic nitrogens is 1. The molecule has 0 aliphatic carbocycles. The van der Waals surface area contributed by atoms with Gasteiger partial charge in [-0.3, -0.25) is 4.79 Å². The Morgan fingerprint density at radius 1 is 1.58 bits per heavy atom. The highest BCUT2D eigenvalue weighted by Crippen LogP contribution is 2.11. The summed E-state index contributed by atoms with van der Waals surface area (Å²) < 4.78 is 23.7. The van der Waals surface area contributed by atoms with Crippen molar-refractivity contribution < 1.29 is 18.3 Å². The van der Waals surface area contributed by atoms with Gasteiger partial charge in [0.2, 0.25) is 10.0 Å². The molecule has 0 aliphatic heterocycles. The summed E-state index contributed by atoms with van der Waals surface area (Å²) in [5.41, 5.74) is 0.174. The maximum Gasteiger partial charge on any atom is 0.268 e. The largest absolute Gasteiger partial charge is 0.391 e. The van der Waals surface area contributed by atoms with E-state index in [9.17, 15) is 18.3 Å². The normalized spacial score (nSPS) is 13.3. The zero-order valence-electron chi connectivity index (χ0n) is 11.0. The third-order valence-electron chi connectivity index (χ3n) is 2.66. The fourth-order valence-electron chi connectivity index (χ4n) is 1.65. The van der Waals surface area contributed by atoms with Gasteiger partial charge in [0.15, 0.2) is 0 Å². The van der Waals surface area contributed by atoms with Crippen LogP contribution in [0.15, 0.2) is 17.2 Å². The first kappa shape index (κ1) is 15.7. The van der Waals surface area contributed by atoms with Gasteiger partial charge < -0.3 is 15.0 Å². The van der Waals surface area contributed by atoms with E-state index in [2.05, 4.69) is 5.32 Å². The van der Waals surface area contributed by atoms with Crippen molar-refractivity contribution in [3.63, 3.8) is 0 Å². The molecule has 0 aromatic carbocycles. The van der Waals surface area contributed by atoms with Gasteiger partial charge in [-0.15, -0.1) is 0 Å². The van der Waals surface area contributed by atoms with Gasteiger partial charge in [-0.25, -0.2) is 13.6 Å². The highest BCUT2D eigenvalue weighted by molar-refractivity contribution is 7.89. The summed E-state index contributed by atoms with van der Waals surface area (Å²) >= 11 is 0. The zero-order chi connectivity index (χ0) is 14.6. The third-order valence-corrected chi connectivity index (χ3v) is 3.54. The molecule has 7 nitrogen and oxygen atoms in total. The Kier molecular flexibility index (Phi) is 5.10. The molecule has 8 heteroatoms. The van der Waals surface area contributed by atoms with E-state index in [1.165, 1.54) is 16.8 Å². The van der Waals surface area contributed by atoms with Gasteiger partial charge in [0.1, 0.15) is 10.6 Å². The number of hydrogen-bond acceptors (Lipinski definition) is 4. The number of aliphatic hydroxyl groups is 1. The lowest BCUT2D eigenvalue weighted by Crippen LogP contribution is -2.32. The Morgan fingerprint density at radius 3 is 2.68 bits per heavy atom. The summed E-state index contributed by atoms with van der Waals surface area (Å²) in [4.78, 5) is 11.7. The van der Waals surface area contributed by atoms with Gasteiger partial charge >= 0.3 is 0 Å². The predicted octanol–water partition coefficient (Wildman–Crippen LogP) is -0.437. The van der Waals surface area contributed by atoms with Gasteiger partial charge in [0, 0.05) is 19.8 Å². The molecule has 0 bridgehead atoms. The molecule has 108 valence electrons. The fraction of sp³-hybridized carbons (Fsp3) is 0.545. The Balaban J connectivity index is 2.75. The lowest BCUT2D eigenvalue weighted by molar-refractivity contribution is 0.0902. The number of nitrogens with two attached hydrogens (primary N) is 1. The van der Waals surface area contributed by atoms with Crippen LogP contribution < -0.4 is 10.5 Å². The van der Waals surface area contributed by atoms with E-state index in [4.69, 9.17) is 5.14 Å². The minimum Gasteiger partial charge on any atom is -0.391 e. The fourth-order valence-corrected chi connectivity index (χ4v) is 2.23. The number of hydrogen-bond donors (Lipinski definition) is 3. The molecule has 0 radical (unpaired) electrons. The van der Waals surface area contributed by atoms with Gasteiger partial charge in [-0.05, 0) is 12.5 Å². The number of aliphatic hydroxyl groups excluding tert-OH is 1. The third kappa shape index (κ3) is 4.34. The standard InChI is InChI=1S/C11H19N3O4S/c1-3-4-8(15)6-13-11(16)10-5-9(7-14(10)2)19(12,17)18/h5,7-8,15H,3-4,6H2,1-2H3,(H,13,16)(H2,12,17,18). The number of nitrogens with zero attached hydrogens (tertiary/aromatic N) is 1. The molecule has 19 heavy (non-hydrogen) atoms. The average Bonchev–Trinajstić information content (AvgIpc) is 2.68. The predicted molar refractivity (Wildman–Crippen MR) is 70.0 cm³/mol. The van der Waals surface area contributed by atoms with Gasteiger partial charge in [-0.1, -0.05) is 13.3 Å². The Labute approximate surface area is 112 Å². The number of aryl methyl sites for hydroxylation is 1. The van der Waals surface area contributed by atoms with Crippen LogP contribution >= 0.6 is 0 Å². The molecule has 1 amide bonds. The van der Waals surface area contributed by atoms with Crippen molar-refractivity contribution in [3.05, 3.63) is 18.0 Å². The summed E-state index contributed by atoms with van der Waals surface area (Å²) in [6.07, 6.45) is 2.08. The molecule has 4 N–H and O–H groups in total. The number of amides is 1. The van der Waals surface area contributed by atoms with Crippen LogP contribution in [0.25, 0.3) is 0 Å². The number of sulfonamides is 1.